The Morgan fingerprint density at radius 2 is 2.00 bits per heavy atom. The fourth-order valence-electron chi connectivity index (χ4n) is 2.87. The second kappa shape index (κ2) is 7.51. The van der Waals surface area contributed by atoms with Crippen LogP contribution >= 0.6 is 11.8 Å². The maximum absolute atomic E-state index is 13.1. The van der Waals surface area contributed by atoms with Gasteiger partial charge >= 0.3 is 6.18 Å². The van der Waals surface area contributed by atoms with Gasteiger partial charge in [-0.3, -0.25) is 14.8 Å². The zero-order valence-electron chi connectivity index (χ0n) is 14.7. The van der Waals surface area contributed by atoms with Gasteiger partial charge in [0.15, 0.2) is 5.69 Å². The van der Waals surface area contributed by atoms with Gasteiger partial charge in [-0.25, -0.2) is 4.98 Å². The number of nitrogens with one attached hydrogen (secondary N) is 1. The molecule has 10 heteroatoms. The van der Waals surface area contributed by atoms with E-state index in [-0.39, 0.29) is 15.2 Å². The summed E-state index contributed by atoms with van der Waals surface area (Å²) in [4.78, 5) is 24.6. The number of pyridine rings is 1. The van der Waals surface area contributed by atoms with Crippen molar-refractivity contribution in [2.24, 2.45) is 11.1 Å². The van der Waals surface area contributed by atoms with Gasteiger partial charge in [-0.1, -0.05) is 18.7 Å². The quantitative estimate of drug-likeness (QED) is 0.822. The van der Waals surface area contributed by atoms with Crippen LogP contribution in [0.2, 0.25) is 0 Å². The zero-order valence-corrected chi connectivity index (χ0v) is 15.5. The summed E-state index contributed by atoms with van der Waals surface area (Å²) in [5.74, 6) is 0.422. The molecule has 0 atom stereocenters. The van der Waals surface area contributed by atoms with Gasteiger partial charge in [0.05, 0.1) is 11.1 Å². The number of piperidine rings is 1. The highest BCUT2D eigenvalue weighted by molar-refractivity contribution is 7.99. The minimum absolute atomic E-state index is 0.0842. The number of halogens is 3. The molecule has 0 spiro atoms. The Bertz CT molecular complexity index is 862. The number of aromatic nitrogens is 3. The van der Waals surface area contributed by atoms with E-state index in [4.69, 9.17) is 5.73 Å². The van der Waals surface area contributed by atoms with Crippen molar-refractivity contribution in [3.05, 3.63) is 40.6 Å². The number of rotatable bonds is 4. The summed E-state index contributed by atoms with van der Waals surface area (Å²) < 4.78 is 39.2. The summed E-state index contributed by atoms with van der Waals surface area (Å²) in [6.45, 7) is 4.16. The van der Waals surface area contributed by atoms with E-state index in [2.05, 4.69) is 21.9 Å². The predicted molar refractivity (Wildman–Crippen MR) is 96.8 cm³/mol. The number of nitrogens with two attached hydrogens (primary N) is 1. The lowest BCUT2D eigenvalue weighted by Gasteiger charge is -2.38. The molecule has 3 heterocycles. The highest BCUT2D eigenvalue weighted by atomic mass is 32.2. The molecule has 0 saturated carbocycles. The Kier molecular flexibility index (Phi) is 5.48. The first kappa shape index (κ1) is 19.7. The molecule has 2 aromatic rings. The van der Waals surface area contributed by atoms with Crippen molar-refractivity contribution in [2.75, 3.05) is 24.5 Å². The average molecular weight is 399 g/mol. The molecule has 1 saturated heterocycles. The second-order valence-corrected chi connectivity index (χ2v) is 7.94. The van der Waals surface area contributed by atoms with E-state index in [1.165, 1.54) is 18.3 Å². The molecule has 0 aliphatic carbocycles. The molecule has 146 valence electrons. The van der Waals surface area contributed by atoms with E-state index in [1.807, 2.05) is 4.90 Å². The standard InChI is InChI=1S/C17H20F3N5OS/c1-16(10-21)4-7-25(8-5-16)15-23-9-12(14(26)24-15)27-11-3-2-6-22-13(11)17(18,19)20/h2-3,6,9H,4-5,7-8,10,21H2,1H3,(H,23,24,26). The van der Waals surface area contributed by atoms with Gasteiger partial charge < -0.3 is 10.6 Å². The van der Waals surface area contributed by atoms with Crippen LogP contribution in [-0.2, 0) is 6.18 Å². The largest absolute Gasteiger partial charge is 0.434 e. The molecule has 6 nitrogen and oxygen atoms in total. The van der Waals surface area contributed by atoms with E-state index in [0.29, 0.717) is 37.3 Å². The highest BCUT2D eigenvalue weighted by Crippen LogP contribution is 2.37. The van der Waals surface area contributed by atoms with Gasteiger partial charge in [0.2, 0.25) is 5.95 Å². The molecule has 3 rings (SSSR count). The number of hydrogen-bond donors (Lipinski definition) is 2. The second-order valence-electron chi connectivity index (χ2n) is 6.85. The first-order valence-electron chi connectivity index (χ1n) is 8.46. The molecule has 0 aromatic carbocycles. The summed E-state index contributed by atoms with van der Waals surface area (Å²) in [6, 6.07) is 2.68. The normalized spacial score (nSPS) is 17.1. The SMILES string of the molecule is CC1(CN)CCN(c2ncc(Sc3cccnc3C(F)(F)F)c(=O)[nH]2)CC1. The molecule has 3 N–H and O–H groups in total. The van der Waals surface area contributed by atoms with Gasteiger partial charge in [0.25, 0.3) is 5.56 Å². The van der Waals surface area contributed by atoms with Crippen LogP contribution in [-0.4, -0.2) is 34.6 Å². The summed E-state index contributed by atoms with van der Waals surface area (Å²) in [7, 11) is 0. The Hall–Kier alpha value is -2.07. The van der Waals surface area contributed by atoms with Crippen LogP contribution in [0.25, 0.3) is 0 Å². The number of nitrogens with zero attached hydrogens (tertiary/aromatic N) is 3. The Morgan fingerprint density at radius 3 is 2.59 bits per heavy atom. The van der Waals surface area contributed by atoms with Crippen LogP contribution in [0.15, 0.2) is 39.1 Å². The van der Waals surface area contributed by atoms with Crippen molar-refractivity contribution in [3.63, 3.8) is 0 Å². The van der Waals surface area contributed by atoms with E-state index in [0.717, 1.165) is 19.0 Å². The Balaban J connectivity index is 1.78. The molecule has 2 aromatic heterocycles. The molecule has 0 amide bonds. The van der Waals surface area contributed by atoms with E-state index in [1.54, 1.807) is 0 Å². The van der Waals surface area contributed by atoms with Gasteiger partial charge in [-0.15, -0.1) is 0 Å². The first-order chi connectivity index (χ1) is 12.7. The fraction of sp³-hybridized carbons (Fsp3) is 0.471. The zero-order chi connectivity index (χ0) is 19.7. The minimum atomic E-state index is -4.59. The Morgan fingerprint density at radius 1 is 1.30 bits per heavy atom. The lowest BCUT2D eigenvalue weighted by Crippen LogP contribution is -2.43. The molecule has 1 aliphatic heterocycles. The first-order valence-corrected chi connectivity index (χ1v) is 9.28. The minimum Gasteiger partial charge on any atom is -0.342 e. The molecule has 1 fully saturated rings. The molecule has 0 unspecified atom stereocenters. The predicted octanol–water partition coefficient (Wildman–Crippen LogP) is 2.90. The number of anilines is 1. The third-order valence-electron chi connectivity index (χ3n) is 4.78. The maximum atomic E-state index is 13.1. The molecule has 0 radical (unpaired) electrons. The van der Waals surface area contributed by atoms with Crippen LogP contribution in [0.3, 0.4) is 0 Å². The molecular weight excluding hydrogens is 379 g/mol. The smallest absolute Gasteiger partial charge is 0.342 e. The van der Waals surface area contributed by atoms with Crippen LogP contribution in [0.1, 0.15) is 25.5 Å². The van der Waals surface area contributed by atoms with Crippen molar-refractivity contribution >= 4 is 17.7 Å². The van der Waals surface area contributed by atoms with Crippen LogP contribution < -0.4 is 16.2 Å². The molecule has 0 bridgehead atoms. The van der Waals surface area contributed by atoms with Gasteiger partial charge in [-0.05, 0) is 36.9 Å². The lowest BCUT2D eigenvalue weighted by atomic mass is 9.81. The van der Waals surface area contributed by atoms with E-state index >= 15 is 0 Å². The van der Waals surface area contributed by atoms with E-state index < -0.39 is 17.4 Å². The maximum Gasteiger partial charge on any atom is 0.434 e. The van der Waals surface area contributed by atoms with Crippen LogP contribution in [0.5, 0.6) is 0 Å². The van der Waals surface area contributed by atoms with Gasteiger partial charge in [0, 0.05) is 24.2 Å². The number of alkyl halides is 3. The summed E-state index contributed by atoms with van der Waals surface area (Å²) in [5, 5.41) is 0. The summed E-state index contributed by atoms with van der Waals surface area (Å²) in [5.41, 5.74) is 4.39. The van der Waals surface area contributed by atoms with Crippen LogP contribution in [0.4, 0.5) is 19.1 Å². The monoisotopic (exact) mass is 399 g/mol. The molecule has 1 aliphatic rings. The number of hydrogen-bond acceptors (Lipinski definition) is 6. The summed E-state index contributed by atoms with van der Waals surface area (Å²) >= 11 is 0.703. The van der Waals surface area contributed by atoms with Gasteiger partial charge in [0.1, 0.15) is 0 Å². The van der Waals surface area contributed by atoms with Crippen molar-refractivity contribution < 1.29 is 13.2 Å². The fourth-order valence-corrected chi connectivity index (χ4v) is 3.77. The van der Waals surface area contributed by atoms with Crippen molar-refractivity contribution in [2.45, 2.75) is 35.7 Å². The number of H-pyrrole nitrogens is 1. The third kappa shape index (κ3) is 4.44. The average Bonchev–Trinajstić information content (AvgIpc) is 2.64. The topological polar surface area (TPSA) is 87.9 Å². The van der Waals surface area contributed by atoms with Gasteiger partial charge in [-0.2, -0.15) is 13.2 Å². The van der Waals surface area contributed by atoms with Crippen LogP contribution in [0, 0.1) is 5.41 Å². The molecule has 27 heavy (non-hydrogen) atoms. The van der Waals surface area contributed by atoms with Crippen molar-refractivity contribution in [1.82, 2.24) is 15.0 Å². The lowest BCUT2D eigenvalue weighted by molar-refractivity contribution is -0.143. The van der Waals surface area contributed by atoms with Crippen molar-refractivity contribution in [1.29, 1.82) is 0 Å². The molecular formula is C17H20F3N5OS. The third-order valence-corrected chi connectivity index (χ3v) is 5.84. The summed E-state index contributed by atoms with van der Waals surface area (Å²) in [6.07, 6.45) is -0.442. The van der Waals surface area contributed by atoms with E-state index in [9.17, 15) is 18.0 Å². The number of aromatic amines is 1. The Labute approximate surface area is 158 Å². The highest BCUT2D eigenvalue weighted by Gasteiger charge is 2.35. The van der Waals surface area contributed by atoms with Crippen molar-refractivity contribution in [3.8, 4) is 0 Å².